The van der Waals surface area contributed by atoms with Crippen molar-refractivity contribution in [1.82, 2.24) is 19.6 Å². The van der Waals surface area contributed by atoms with Crippen LogP contribution in [0.2, 0.25) is 0 Å². The molecule has 0 fully saturated rings. The minimum absolute atomic E-state index is 0.0268. The molecule has 0 radical (unpaired) electrons. The van der Waals surface area contributed by atoms with Crippen molar-refractivity contribution in [3.8, 4) is 0 Å². The molecule has 0 aromatic carbocycles. The van der Waals surface area contributed by atoms with Gasteiger partial charge in [-0.15, -0.1) is 5.10 Å². The van der Waals surface area contributed by atoms with Crippen LogP contribution >= 0.6 is 22.6 Å². The summed E-state index contributed by atoms with van der Waals surface area (Å²) in [6.45, 7) is 0.462. The van der Waals surface area contributed by atoms with Crippen LogP contribution in [0.3, 0.4) is 0 Å². The van der Waals surface area contributed by atoms with Gasteiger partial charge in [0.1, 0.15) is 5.69 Å². The van der Waals surface area contributed by atoms with Gasteiger partial charge in [-0.3, -0.25) is 9.48 Å². The summed E-state index contributed by atoms with van der Waals surface area (Å²) in [7, 11) is 1.80. The molecular formula is C9H9IN4O. The van der Waals surface area contributed by atoms with Crippen LogP contribution in [0.5, 0.6) is 0 Å². The molecule has 2 heterocycles. The Bertz CT molecular complexity index is 531. The van der Waals surface area contributed by atoms with Gasteiger partial charge in [0.05, 0.1) is 6.54 Å². The first-order chi connectivity index (χ1) is 7.15. The monoisotopic (exact) mass is 316 g/mol. The van der Waals surface area contributed by atoms with Crippen molar-refractivity contribution >= 4 is 22.6 Å². The number of rotatable bonds is 2. The lowest BCUT2D eigenvalue weighted by Crippen LogP contribution is -2.19. The van der Waals surface area contributed by atoms with E-state index in [4.69, 9.17) is 0 Å². The molecule has 0 spiro atoms. The van der Waals surface area contributed by atoms with Gasteiger partial charge in [-0.2, -0.15) is 0 Å². The molecule has 78 valence electrons. The van der Waals surface area contributed by atoms with Crippen LogP contribution in [0, 0.1) is 3.57 Å². The van der Waals surface area contributed by atoms with Crippen molar-refractivity contribution in [3.05, 3.63) is 44.1 Å². The fourth-order valence-electron chi connectivity index (χ4n) is 1.27. The van der Waals surface area contributed by atoms with Crippen LogP contribution in [0.4, 0.5) is 0 Å². The average molecular weight is 316 g/mol. The van der Waals surface area contributed by atoms with Gasteiger partial charge < -0.3 is 4.57 Å². The van der Waals surface area contributed by atoms with Gasteiger partial charge in [0, 0.05) is 29.1 Å². The largest absolute Gasteiger partial charge is 0.308 e. The van der Waals surface area contributed by atoms with Gasteiger partial charge in [0.2, 0.25) is 0 Å². The topological polar surface area (TPSA) is 52.7 Å². The molecule has 0 amide bonds. The Morgan fingerprint density at radius 3 is 2.87 bits per heavy atom. The predicted molar refractivity (Wildman–Crippen MR) is 63.5 cm³/mol. The second-order valence-corrected chi connectivity index (χ2v) is 4.44. The molecule has 2 rings (SSSR count). The van der Waals surface area contributed by atoms with Crippen LogP contribution in [-0.4, -0.2) is 19.6 Å². The third-order valence-corrected chi connectivity index (χ3v) is 2.57. The lowest BCUT2D eigenvalue weighted by Gasteiger charge is -2.02. The molecule has 0 aliphatic rings. The molecule has 0 saturated heterocycles. The third kappa shape index (κ3) is 2.44. The van der Waals surface area contributed by atoms with Crippen molar-refractivity contribution < 1.29 is 0 Å². The lowest BCUT2D eigenvalue weighted by atomic mass is 10.4. The highest BCUT2D eigenvalue weighted by atomic mass is 127. The summed E-state index contributed by atoms with van der Waals surface area (Å²) in [6.07, 6.45) is 3.60. The van der Waals surface area contributed by atoms with E-state index in [0.717, 1.165) is 9.26 Å². The normalized spacial score (nSPS) is 10.5. The van der Waals surface area contributed by atoms with Gasteiger partial charge >= 0.3 is 0 Å². The fraction of sp³-hybridized carbons (Fsp3) is 0.222. The lowest BCUT2D eigenvalue weighted by molar-refractivity contribution is 0.704. The smallest absolute Gasteiger partial charge is 0.250 e. The molecule has 0 aliphatic carbocycles. The number of aryl methyl sites for hydroxylation is 1. The summed E-state index contributed by atoms with van der Waals surface area (Å²) < 4.78 is 4.26. The summed E-state index contributed by atoms with van der Waals surface area (Å²) in [5.74, 6) is 0. The van der Waals surface area contributed by atoms with Crippen molar-refractivity contribution in [1.29, 1.82) is 0 Å². The summed E-state index contributed by atoms with van der Waals surface area (Å²) >= 11 is 2.17. The fourth-order valence-corrected chi connectivity index (χ4v) is 1.78. The molecule has 0 unspecified atom stereocenters. The van der Waals surface area contributed by atoms with E-state index in [0.29, 0.717) is 6.54 Å². The Kier molecular flexibility index (Phi) is 2.85. The van der Waals surface area contributed by atoms with Gasteiger partial charge in [-0.25, -0.2) is 0 Å². The highest BCUT2D eigenvalue weighted by Crippen LogP contribution is 2.01. The molecule has 2 aromatic heterocycles. The predicted octanol–water partition coefficient (Wildman–Crippen LogP) is 0.630. The molecule has 0 N–H and O–H groups in total. The molecule has 15 heavy (non-hydrogen) atoms. The van der Waals surface area contributed by atoms with E-state index in [1.54, 1.807) is 40.8 Å². The minimum Gasteiger partial charge on any atom is -0.308 e. The Labute approximate surface area is 99.9 Å². The molecule has 6 heteroatoms. The second-order valence-electron chi connectivity index (χ2n) is 3.20. The number of hydrogen-bond acceptors (Lipinski definition) is 3. The van der Waals surface area contributed by atoms with Crippen LogP contribution < -0.4 is 5.56 Å². The molecule has 0 atom stereocenters. The number of hydrogen-bond donors (Lipinski definition) is 0. The zero-order valence-corrected chi connectivity index (χ0v) is 10.2. The molecule has 0 aliphatic heterocycles. The Balaban J connectivity index is 2.31. The Hall–Kier alpha value is -1.18. The Morgan fingerprint density at radius 2 is 2.20 bits per heavy atom. The van der Waals surface area contributed by atoms with Crippen molar-refractivity contribution in [2.45, 2.75) is 6.54 Å². The van der Waals surface area contributed by atoms with E-state index in [1.807, 2.05) is 0 Å². The second kappa shape index (κ2) is 4.13. The summed E-state index contributed by atoms with van der Waals surface area (Å²) in [5, 5.41) is 7.75. The van der Waals surface area contributed by atoms with E-state index >= 15 is 0 Å². The van der Waals surface area contributed by atoms with E-state index < -0.39 is 0 Å². The van der Waals surface area contributed by atoms with Crippen LogP contribution in [0.15, 0.2) is 29.3 Å². The van der Waals surface area contributed by atoms with Crippen molar-refractivity contribution in [2.75, 3.05) is 0 Å². The van der Waals surface area contributed by atoms with Crippen LogP contribution in [0.25, 0.3) is 0 Å². The molecule has 0 saturated carbocycles. The highest BCUT2D eigenvalue weighted by molar-refractivity contribution is 14.1. The molecule has 2 aromatic rings. The minimum atomic E-state index is -0.0268. The molecular weight excluding hydrogens is 307 g/mol. The van der Waals surface area contributed by atoms with Crippen LogP contribution in [0.1, 0.15) is 5.69 Å². The van der Waals surface area contributed by atoms with E-state index in [2.05, 4.69) is 32.9 Å². The summed E-state index contributed by atoms with van der Waals surface area (Å²) in [6, 6.07) is 3.34. The summed E-state index contributed by atoms with van der Waals surface area (Å²) in [4.78, 5) is 11.5. The zero-order chi connectivity index (χ0) is 10.8. The number of nitrogens with zero attached hydrogens (tertiary/aromatic N) is 4. The number of pyridine rings is 1. The maximum absolute atomic E-state index is 11.5. The van der Waals surface area contributed by atoms with Gasteiger partial charge in [-0.1, -0.05) is 5.21 Å². The molecule has 5 nitrogen and oxygen atoms in total. The van der Waals surface area contributed by atoms with Gasteiger partial charge in [-0.05, 0) is 28.7 Å². The van der Waals surface area contributed by atoms with E-state index in [9.17, 15) is 4.79 Å². The van der Waals surface area contributed by atoms with Gasteiger partial charge in [0.15, 0.2) is 0 Å². The highest BCUT2D eigenvalue weighted by Gasteiger charge is 2.01. The maximum atomic E-state index is 11.5. The standard InChI is InChI=1S/C9H9IN4O/c1-13-5-8(11-12-13)6-14-4-7(10)2-3-9(14)15/h2-5H,6H2,1H3. The van der Waals surface area contributed by atoms with Gasteiger partial charge in [0.25, 0.3) is 5.56 Å². The number of aromatic nitrogens is 4. The first-order valence-electron chi connectivity index (χ1n) is 4.36. The average Bonchev–Trinajstić information content (AvgIpc) is 2.58. The van der Waals surface area contributed by atoms with Crippen molar-refractivity contribution in [3.63, 3.8) is 0 Å². The Morgan fingerprint density at radius 1 is 1.40 bits per heavy atom. The third-order valence-electron chi connectivity index (χ3n) is 1.93. The first-order valence-corrected chi connectivity index (χ1v) is 5.44. The first kappa shape index (κ1) is 10.3. The SMILES string of the molecule is Cn1cc(Cn2cc(I)ccc2=O)nn1. The summed E-state index contributed by atoms with van der Waals surface area (Å²) in [5.41, 5.74) is 0.752. The zero-order valence-electron chi connectivity index (χ0n) is 8.09. The van der Waals surface area contributed by atoms with Crippen molar-refractivity contribution in [2.24, 2.45) is 7.05 Å². The quantitative estimate of drug-likeness (QED) is 0.764. The maximum Gasteiger partial charge on any atom is 0.250 e. The molecule has 0 bridgehead atoms. The van der Waals surface area contributed by atoms with E-state index in [1.165, 1.54) is 0 Å². The van der Waals surface area contributed by atoms with E-state index in [-0.39, 0.29) is 5.56 Å². The van der Waals surface area contributed by atoms with Crippen LogP contribution in [-0.2, 0) is 13.6 Å². The number of halogens is 1.